The highest BCUT2D eigenvalue weighted by molar-refractivity contribution is 5.15. The number of rotatable bonds is 18. The molecule has 0 aromatic rings. The predicted octanol–water partition coefficient (Wildman–Crippen LogP) is -5.10. The van der Waals surface area contributed by atoms with Crippen LogP contribution in [0.3, 0.4) is 0 Å². The average Bonchev–Trinajstić information content (AvgIpc) is 1.64. The van der Waals surface area contributed by atoms with Crippen molar-refractivity contribution in [1.29, 1.82) is 0 Å². The lowest BCUT2D eigenvalue weighted by atomic mass is 9.44. The number of ether oxygens (including phenoxy) is 11. The van der Waals surface area contributed by atoms with Crippen molar-refractivity contribution in [3.8, 4) is 0 Å². The molecule has 4 saturated carbocycles. The summed E-state index contributed by atoms with van der Waals surface area (Å²) in [5, 5.41) is 182. The Kier molecular flexibility index (Phi) is 20.8. The Hall–Kier alpha value is -1.12. The van der Waals surface area contributed by atoms with E-state index in [1.54, 1.807) is 0 Å². The third kappa shape index (κ3) is 12.4. The molecular formula is C57H96O28. The lowest BCUT2D eigenvalue weighted by molar-refractivity contribution is -0.395. The molecule has 0 aromatic carbocycles. The second-order valence-electron chi connectivity index (χ2n) is 27.1. The van der Waals surface area contributed by atoms with Crippen LogP contribution in [0.5, 0.6) is 0 Å². The number of hydrogen-bond acceptors (Lipinski definition) is 28. The molecule has 10 fully saturated rings. The second kappa shape index (κ2) is 26.5. The minimum absolute atomic E-state index is 0.0999. The summed E-state index contributed by atoms with van der Waals surface area (Å²) in [5.74, 6) is -0.282. The van der Waals surface area contributed by atoms with Crippen molar-refractivity contribution in [1.82, 2.24) is 0 Å². The quantitative estimate of drug-likeness (QED) is 0.0571. The van der Waals surface area contributed by atoms with Gasteiger partial charge in [-0.25, -0.2) is 0 Å². The molecule has 6 unspecified atom stereocenters. The lowest BCUT2D eigenvalue weighted by Crippen LogP contribution is -2.67. The average molecular weight is 1230 g/mol. The van der Waals surface area contributed by atoms with Crippen molar-refractivity contribution in [3.63, 3.8) is 0 Å². The van der Waals surface area contributed by atoms with E-state index in [2.05, 4.69) is 20.8 Å². The van der Waals surface area contributed by atoms with Gasteiger partial charge in [-0.3, -0.25) is 0 Å². The lowest BCUT2D eigenvalue weighted by Gasteiger charge is -2.61. The van der Waals surface area contributed by atoms with Crippen LogP contribution >= 0.6 is 0 Å². The highest BCUT2D eigenvalue weighted by Crippen LogP contribution is 2.71. The van der Waals surface area contributed by atoms with E-state index in [0.717, 1.165) is 38.5 Å². The van der Waals surface area contributed by atoms with E-state index in [4.69, 9.17) is 52.1 Å². The second-order valence-corrected chi connectivity index (χ2v) is 27.1. The normalized spacial score (nSPS) is 55.8. The minimum atomic E-state index is -1.95. The van der Waals surface area contributed by atoms with Crippen molar-refractivity contribution in [2.75, 3.05) is 33.0 Å². The van der Waals surface area contributed by atoms with Gasteiger partial charge >= 0.3 is 0 Å². The highest BCUT2D eigenvalue weighted by Gasteiger charge is 2.69. The first-order chi connectivity index (χ1) is 40.2. The number of fused-ring (bicyclic) bond motifs is 7. The Balaban J connectivity index is 0.826. The van der Waals surface area contributed by atoms with Crippen molar-refractivity contribution < 1.29 is 139 Å². The minimum Gasteiger partial charge on any atom is -0.394 e. The molecule has 10 rings (SSSR count). The van der Waals surface area contributed by atoms with Gasteiger partial charge in [0.05, 0.1) is 51.3 Å². The Labute approximate surface area is 493 Å². The zero-order chi connectivity index (χ0) is 61.5. The molecule has 6 saturated heterocycles. The molecule has 85 heavy (non-hydrogen) atoms. The molecule has 4 aliphatic carbocycles. The van der Waals surface area contributed by atoms with Crippen molar-refractivity contribution in [2.45, 2.75) is 270 Å². The third-order valence-corrected chi connectivity index (χ3v) is 22.2. The Morgan fingerprint density at radius 1 is 0.494 bits per heavy atom. The maximum Gasteiger partial charge on any atom is 0.187 e. The van der Waals surface area contributed by atoms with Crippen LogP contribution in [0.4, 0.5) is 0 Å². The van der Waals surface area contributed by atoms with Crippen LogP contribution in [0.1, 0.15) is 98.8 Å². The number of aliphatic hydroxyl groups is 17. The Bertz CT molecular complexity index is 2170. The molecular weight excluding hydrogens is 1130 g/mol. The summed E-state index contributed by atoms with van der Waals surface area (Å²) >= 11 is 0. The predicted molar refractivity (Wildman–Crippen MR) is 283 cm³/mol. The monoisotopic (exact) mass is 1230 g/mol. The molecule has 0 amide bonds. The van der Waals surface area contributed by atoms with Gasteiger partial charge in [-0.2, -0.15) is 0 Å². The molecule has 6 aliphatic heterocycles. The van der Waals surface area contributed by atoms with Crippen LogP contribution in [0.25, 0.3) is 0 Å². The first kappa shape index (κ1) is 66.8. The summed E-state index contributed by atoms with van der Waals surface area (Å²) in [4.78, 5) is 0. The van der Waals surface area contributed by atoms with Gasteiger partial charge in [-0.05, 0) is 111 Å². The first-order valence-electron chi connectivity index (χ1n) is 30.7. The number of hydrogen-bond donors (Lipinski definition) is 17. The molecule has 17 N–H and O–H groups in total. The van der Waals surface area contributed by atoms with Gasteiger partial charge in [0.2, 0.25) is 0 Å². The molecule has 492 valence electrons. The van der Waals surface area contributed by atoms with Crippen LogP contribution < -0.4 is 0 Å². The fourth-order valence-corrected chi connectivity index (χ4v) is 17.0. The van der Waals surface area contributed by atoms with Crippen LogP contribution in [0.2, 0.25) is 0 Å². The molecule has 28 nitrogen and oxygen atoms in total. The van der Waals surface area contributed by atoms with Gasteiger partial charge in [-0.15, -0.1) is 0 Å². The van der Waals surface area contributed by atoms with Crippen molar-refractivity contribution in [2.24, 2.45) is 52.3 Å². The maximum atomic E-state index is 12.5. The van der Waals surface area contributed by atoms with Gasteiger partial charge < -0.3 is 139 Å². The molecule has 28 heteroatoms. The SMILES string of the molecule is CC1C2C(CC3C4CC[C@@H]5C[C@@H](O[C@@H]6O[C@H](CO[C@@H]7O[C@H](CO)[C@@H](O)[C@H](O)[C@H]7O)[C@@H](O[C@@H]7O[C@@H](C)[C@H](O)[C@@H](O)[C@H]7O)[C@H](O)[C@H]6O[C@@H]6O[C@H](CO)[C@@H](O)[C@H](O)[C@H]6O)CC[C@]5(C)C4CC[C@@]32C)O[C@]1(O)CC[C@H](C)CO[C@@H]1O[C@H](CO)[C@@H](O)[C@H](O)[C@H]1O. The molecule has 37 atom stereocenters. The fourth-order valence-electron chi connectivity index (χ4n) is 17.0. The summed E-state index contributed by atoms with van der Waals surface area (Å²) in [5.41, 5.74) is -0.212. The molecule has 0 spiro atoms. The fraction of sp³-hybridized carbons (Fsp3) is 1.00. The molecule has 6 heterocycles. The van der Waals surface area contributed by atoms with Crippen LogP contribution in [-0.4, -0.2) is 291 Å². The third-order valence-electron chi connectivity index (χ3n) is 22.2. The topological polar surface area (TPSA) is 445 Å². The van der Waals surface area contributed by atoms with E-state index in [0.29, 0.717) is 43.4 Å². The number of aliphatic hydroxyl groups excluding tert-OH is 16. The van der Waals surface area contributed by atoms with E-state index in [9.17, 15) is 86.8 Å². The van der Waals surface area contributed by atoms with Gasteiger partial charge in [0, 0.05) is 12.3 Å². The molecule has 0 radical (unpaired) electrons. The Morgan fingerprint density at radius 2 is 1.01 bits per heavy atom. The summed E-state index contributed by atoms with van der Waals surface area (Å²) in [6, 6.07) is 0. The Morgan fingerprint density at radius 3 is 1.61 bits per heavy atom. The largest absolute Gasteiger partial charge is 0.394 e. The van der Waals surface area contributed by atoms with E-state index in [1.165, 1.54) is 6.92 Å². The summed E-state index contributed by atoms with van der Waals surface area (Å²) in [6.07, 6.45) is -34.1. The van der Waals surface area contributed by atoms with Crippen LogP contribution in [0.15, 0.2) is 0 Å². The van der Waals surface area contributed by atoms with Crippen molar-refractivity contribution in [3.05, 3.63) is 0 Å². The van der Waals surface area contributed by atoms with E-state index >= 15 is 0 Å². The maximum absolute atomic E-state index is 12.5. The van der Waals surface area contributed by atoms with E-state index in [-0.39, 0.29) is 47.2 Å². The first-order valence-corrected chi connectivity index (χ1v) is 30.7. The van der Waals surface area contributed by atoms with Gasteiger partial charge in [0.25, 0.3) is 0 Å². The summed E-state index contributed by atoms with van der Waals surface area (Å²) in [6.45, 7) is 7.51. The summed E-state index contributed by atoms with van der Waals surface area (Å²) in [7, 11) is 0. The van der Waals surface area contributed by atoms with Gasteiger partial charge in [0.15, 0.2) is 37.2 Å². The van der Waals surface area contributed by atoms with Crippen LogP contribution in [0, 0.1) is 52.3 Å². The summed E-state index contributed by atoms with van der Waals surface area (Å²) < 4.78 is 67.0. The van der Waals surface area contributed by atoms with Crippen molar-refractivity contribution >= 4 is 0 Å². The van der Waals surface area contributed by atoms with Gasteiger partial charge in [-0.1, -0.05) is 27.7 Å². The smallest absolute Gasteiger partial charge is 0.187 e. The van der Waals surface area contributed by atoms with E-state index in [1.807, 2.05) is 6.92 Å². The standard InChI is InChI=1S/C57H96O28/c1-21(19-75-50-43(69)40(66)36(62)30(16-58)79-50)8-13-57(74)22(2)34-29(85-57)15-28-26-7-6-24-14-25(9-11-55(24,4)27(26)10-12-56(28,34)5)78-54-49(84-53-46(72)42(68)38(64)32(18-60)81-53)47(73)48(83-52-45(71)39(65)35(61)23(3)77-52)33(82-54)20-76-51-44(70)41(67)37(63)31(17-59)80-51/h21-54,58-74H,6-20H2,1-5H3/t21-,22?,23-,24+,25-,26?,27?,28?,29?,30+,31+,32+,33+,34?,35-,36+,37+,38+,39+,40-,41-,42-,43+,44+,45+,46+,47-,48+,49+,50+,51+,52-,53-,54+,55-,56-,57+/m0/s1. The zero-order valence-corrected chi connectivity index (χ0v) is 48.8. The van der Waals surface area contributed by atoms with E-state index < -0.39 is 192 Å². The molecule has 0 bridgehead atoms. The zero-order valence-electron chi connectivity index (χ0n) is 48.8. The molecule has 0 aromatic heterocycles. The molecule has 10 aliphatic rings. The van der Waals surface area contributed by atoms with Gasteiger partial charge in [0.1, 0.15) is 116 Å². The highest BCUT2D eigenvalue weighted by atomic mass is 16.8. The van der Waals surface area contributed by atoms with Crippen LogP contribution in [-0.2, 0) is 52.1 Å².